The lowest BCUT2D eigenvalue weighted by atomic mass is 10.1. The van der Waals surface area contributed by atoms with Crippen LogP contribution in [0.2, 0.25) is 0 Å². The molecule has 1 heterocycles. The van der Waals surface area contributed by atoms with Gasteiger partial charge in [0.2, 0.25) is 0 Å². The predicted molar refractivity (Wildman–Crippen MR) is 100 cm³/mol. The molecule has 0 spiro atoms. The van der Waals surface area contributed by atoms with Crippen molar-refractivity contribution in [1.29, 1.82) is 0 Å². The van der Waals surface area contributed by atoms with Crippen LogP contribution in [-0.2, 0) is 0 Å². The smallest absolute Gasteiger partial charge is 0.274 e. The molecule has 2 N–H and O–H groups in total. The summed E-state index contributed by atoms with van der Waals surface area (Å²) in [6, 6.07) is 10.3. The van der Waals surface area contributed by atoms with Gasteiger partial charge in [0, 0.05) is 17.8 Å². The molecule has 0 bridgehead atoms. The van der Waals surface area contributed by atoms with Crippen LogP contribution in [0.4, 0.5) is 26.0 Å². The lowest BCUT2D eigenvalue weighted by Gasteiger charge is -2.11. The molecule has 0 aliphatic rings. The molecule has 3 rings (SSSR count). The van der Waals surface area contributed by atoms with Crippen molar-refractivity contribution in [3.05, 3.63) is 76.7 Å². The van der Waals surface area contributed by atoms with E-state index in [1.54, 1.807) is 6.92 Å². The van der Waals surface area contributed by atoms with Crippen LogP contribution in [0.5, 0.6) is 0 Å². The first-order valence-electron chi connectivity index (χ1n) is 8.28. The van der Waals surface area contributed by atoms with Gasteiger partial charge < -0.3 is 10.6 Å². The molecule has 2 aromatic carbocycles. The zero-order valence-corrected chi connectivity index (χ0v) is 15.1. The third-order valence-corrected chi connectivity index (χ3v) is 3.91. The van der Waals surface area contributed by atoms with Crippen LogP contribution in [0.1, 0.15) is 27.4 Å². The monoisotopic (exact) mass is 368 g/mol. The minimum atomic E-state index is -0.757. The number of hydrogen-bond donors (Lipinski definition) is 2. The van der Waals surface area contributed by atoms with Crippen molar-refractivity contribution in [3.63, 3.8) is 0 Å². The molecule has 5 nitrogen and oxygen atoms in total. The number of hydrogen-bond acceptors (Lipinski definition) is 4. The standard InChI is InChI=1S/C20H18F2N4O/c1-11-4-5-12(2)17(8-11)26-20(27)18-10-19(24-13(3)23-18)25-16-7-6-14(21)9-15(16)22/h4-10H,1-3H3,(H,26,27)(H,23,24,25). The van der Waals surface area contributed by atoms with Crippen LogP contribution in [0.3, 0.4) is 0 Å². The number of amides is 1. The number of halogens is 2. The van der Waals surface area contributed by atoms with Crippen molar-refractivity contribution in [2.45, 2.75) is 20.8 Å². The molecule has 0 saturated heterocycles. The van der Waals surface area contributed by atoms with E-state index >= 15 is 0 Å². The summed E-state index contributed by atoms with van der Waals surface area (Å²) in [7, 11) is 0. The van der Waals surface area contributed by atoms with Crippen molar-refractivity contribution < 1.29 is 13.6 Å². The fraction of sp³-hybridized carbons (Fsp3) is 0.150. The second kappa shape index (κ2) is 7.49. The van der Waals surface area contributed by atoms with Crippen molar-refractivity contribution in [1.82, 2.24) is 9.97 Å². The number of carbonyl (C=O) groups excluding carboxylic acids is 1. The molecular formula is C20H18F2N4O. The van der Waals surface area contributed by atoms with Gasteiger partial charge >= 0.3 is 0 Å². The van der Waals surface area contributed by atoms with Gasteiger partial charge in [-0.1, -0.05) is 12.1 Å². The van der Waals surface area contributed by atoms with Crippen LogP contribution < -0.4 is 10.6 Å². The molecule has 0 saturated carbocycles. The summed E-state index contributed by atoms with van der Waals surface area (Å²) in [5.74, 6) is -1.26. The Bertz CT molecular complexity index is 1020. The Labute approximate surface area is 155 Å². The normalized spacial score (nSPS) is 10.6. The highest BCUT2D eigenvalue weighted by Crippen LogP contribution is 2.21. The van der Waals surface area contributed by atoms with Crippen LogP contribution in [-0.4, -0.2) is 15.9 Å². The number of rotatable bonds is 4. The highest BCUT2D eigenvalue weighted by molar-refractivity contribution is 6.03. The summed E-state index contributed by atoms with van der Waals surface area (Å²) in [5, 5.41) is 5.57. The molecule has 3 aromatic rings. The van der Waals surface area contributed by atoms with Crippen molar-refractivity contribution >= 4 is 23.1 Å². The molecule has 0 fully saturated rings. The SMILES string of the molecule is Cc1ccc(C)c(NC(=O)c2cc(Nc3ccc(F)cc3F)nc(C)n2)c1. The van der Waals surface area contributed by atoms with Gasteiger partial charge in [-0.3, -0.25) is 4.79 Å². The number of carbonyl (C=O) groups is 1. The Balaban J connectivity index is 1.86. The number of nitrogens with one attached hydrogen (secondary N) is 2. The molecule has 1 aromatic heterocycles. The first-order chi connectivity index (χ1) is 12.8. The van der Waals surface area contributed by atoms with Crippen LogP contribution >= 0.6 is 0 Å². The van der Waals surface area contributed by atoms with E-state index in [1.165, 1.54) is 12.1 Å². The molecule has 0 unspecified atom stereocenters. The first kappa shape index (κ1) is 18.4. The second-order valence-electron chi connectivity index (χ2n) is 6.21. The van der Waals surface area contributed by atoms with E-state index in [2.05, 4.69) is 20.6 Å². The summed E-state index contributed by atoms with van der Waals surface area (Å²) >= 11 is 0. The van der Waals surface area contributed by atoms with E-state index in [4.69, 9.17) is 0 Å². The highest BCUT2D eigenvalue weighted by atomic mass is 19.1. The molecule has 0 radical (unpaired) electrons. The summed E-state index contributed by atoms with van der Waals surface area (Å²) in [4.78, 5) is 20.9. The molecule has 1 amide bonds. The van der Waals surface area contributed by atoms with Crippen molar-refractivity contribution in [2.75, 3.05) is 10.6 Å². The predicted octanol–water partition coefficient (Wildman–Crippen LogP) is 4.68. The summed E-state index contributed by atoms with van der Waals surface area (Å²) in [6.45, 7) is 5.45. The highest BCUT2D eigenvalue weighted by Gasteiger charge is 2.13. The maximum absolute atomic E-state index is 13.8. The van der Waals surface area contributed by atoms with Gasteiger partial charge in [0.25, 0.3) is 5.91 Å². The summed E-state index contributed by atoms with van der Waals surface area (Å²) in [5.41, 5.74) is 2.81. The number of benzene rings is 2. The topological polar surface area (TPSA) is 66.9 Å². The molecule has 138 valence electrons. The van der Waals surface area contributed by atoms with Gasteiger partial charge in [0.05, 0.1) is 5.69 Å². The third-order valence-electron chi connectivity index (χ3n) is 3.91. The van der Waals surface area contributed by atoms with Crippen molar-refractivity contribution in [3.8, 4) is 0 Å². The van der Waals surface area contributed by atoms with E-state index in [1.807, 2.05) is 32.0 Å². The van der Waals surface area contributed by atoms with Crippen LogP contribution in [0.25, 0.3) is 0 Å². The second-order valence-corrected chi connectivity index (χ2v) is 6.21. The molecule has 0 atom stereocenters. The molecular weight excluding hydrogens is 350 g/mol. The number of nitrogens with zero attached hydrogens (tertiary/aromatic N) is 2. The zero-order valence-electron chi connectivity index (χ0n) is 15.1. The largest absolute Gasteiger partial charge is 0.338 e. The number of aromatic nitrogens is 2. The Kier molecular flexibility index (Phi) is 5.12. The maximum atomic E-state index is 13.8. The Hall–Kier alpha value is -3.35. The zero-order chi connectivity index (χ0) is 19.6. The molecule has 0 aliphatic heterocycles. The van der Waals surface area contributed by atoms with Gasteiger partial charge in [0.1, 0.15) is 29.0 Å². The van der Waals surface area contributed by atoms with Gasteiger partial charge in [-0.2, -0.15) is 0 Å². The Morgan fingerprint density at radius 2 is 1.70 bits per heavy atom. The lowest BCUT2D eigenvalue weighted by molar-refractivity contribution is 0.102. The fourth-order valence-corrected chi connectivity index (χ4v) is 2.53. The number of anilines is 3. The fourth-order valence-electron chi connectivity index (χ4n) is 2.53. The van der Waals surface area contributed by atoms with Crippen LogP contribution in [0, 0.1) is 32.4 Å². The molecule has 27 heavy (non-hydrogen) atoms. The van der Waals surface area contributed by atoms with E-state index in [0.717, 1.165) is 23.3 Å². The summed E-state index contributed by atoms with van der Waals surface area (Å²) in [6.07, 6.45) is 0. The maximum Gasteiger partial charge on any atom is 0.274 e. The lowest BCUT2D eigenvalue weighted by Crippen LogP contribution is -2.16. The minimum absolute atomic E-state index is 0.0513. The molecule has 7 heteroatoms. The first-order valence-corrected chi connectivity index (χ1v) is 8.28. The van der Waals surface area contributed by atoms with E-state index in [-0.39, 0.29) is 17.2 Å². The van der Waals surface area contributed by atoms with Gasteiger partial charge in [0.15, 0.2) is 0 Å². The summed E-state index contributed by atoms with van der Waals surface area (Å²) < 4.78 is 26.9. The quantitative estimate of drug-likeness (QED) is 0.702. The van der Waals surface area contributed by atoms with Crippen LogP contribution in [0.15, 0.2) is 42.5 Å². The van der Waals surface area contributed by atoms with E-state index < -0.39 is 17.5 Å². The van der Waals surface area contributed by atoms with Gasteiger partial charge in [-0.05, 0) is 50.1 Å². The average molecular weight is 368 g/mol. The average Bonchev–Trinajstić information content (AvgIpc) is 2.60. The number of aryl methyl sites for hydroxylation is 3. The molecule has 0 aliphatic carbocycles. The Morgan fingerprint density at radius 1 is 0.926 bits per heavy atom. The van der Waals surface area contributed by atoms with Gasteiger partial charge in [-0.25, -0.2) is 18.7 Å². The van der Waals surface area contributed by atoms with E-state index in [0.29, 0.717) is 11.5 Å². The third kappa shape index (κ3) is 4.44. The minimum Gasteiger partial charge on any atom is -0.338 e. The Morgan fingerprint density at radius 3 is 2.44 bits per heavy atom. The van der Waals surface area contributed by atoms with Gasteiger partial charge in [-0.15, -0.1) is 0 Å². The van der Waals surface area contributed by atoms with Crippen molar-refractivity contribution in [2.24, 2.45) is 0 Å². The van der Waals surface area contributed by atoms with E-state index in [9.17, 15) is 13.6 Å².